The van der Waals surface area contributed by atoms with E-state index in [4.69, 9.17) is 14.7 Å². The van der Waals surface area contributed by atoms with Crippen molar-refractivity contribution in [2.45, 2.75) is 55.0 Å². The van der Waals surface area contributed by atoms with Gasteiger partial charge >= 0.3 is 0 Å². The zero-order chi connectivity index (χ0) is 25.0. The largest absolute Gasteiger partial charge is 0.490 e. The summed E-state index contributed by atoms with van der Waals surface area (Å²) < 4.78 is 30.1. The van der Waals surface area contributed by atoms with Gasteiger partial charge in [-0.05, 0) is 61.7 Å². The second-order valence-electron chi connectivity index (χ2n) is 8.59. The highest BCUT2D eigenvalue weighted by atomic mass is 32.2. The minimum atomic E-state index is -3.25. The third kappa shape index (κ3) is 5.90. The molecule has 4 rings (SSSR count). The second kappa shape index (κ2) is 10.9. The molecule has 188 valence electrons. The molecule has 1 saturated heterocycles. The number of aryl methyl sites for hydroxylation is 1. The van der Waals surface area contributed by atoms with Crippen LogP contribution in [0.25, 0.3) is 0 Å². The van der Waals surface area contributed by atoms with Gasteiger partial charge in [-0.1, -0.05) is 20.3 Å². The van der Waals surface area contributed by atoms with Gasteiger partial charge in [-0.25, -0.2) is 18.4 Å². The van der Waals surface area contributed by atoms with E-state index in [0.717, 1.165) is 48.3 Å². The summed E-state index contributed by atoms with van der Waals surface area (Å²) in [6.45, 7) is 7.62. The van der Waals surface area contributed by atoms with E-state index in [9.17, 15) is 8.42 Å². The minimum absolute atomic E-state index is 0.0703. The van der Waals surface area contributed by atoms with E-state index in [1.54, 1.807) is 38.3 Å². The fourth-order valence-corrected chi connectivity index (χ4v) is 5.73. The molecule has 0 saturated carbocycles. The zero-order valence-electron chi connectivity index (χ0n) is 20.5. The van der Waals surface area contributed by atoms with E-state index in [1.165, 1.54) is 18.2 Å². The summed E-state index contributed by atoms with van der Waals surface area (Å²) in [7, 11) is -1.62. The number of piperidine rings is 1. The Bertz CT molecular complexity index is 1250. The average Bonchev–Trinajstić information content (AvgIpc) is 3.28. The van der Waals surface area contributed by atoms with Crippen LogP contribution in [0.2, 0.25) is 0 Å². The van der Waals surface area contributed by atoms with E-state index >= 15 is 0 Å². The van der Waals surface area contributed by atoms with Gasteiger partial charge in [0.1, 0.15) is 0 Å². The van der Waals surface area contributed by atoms with Gasteiger partial charge in [0.2, 0.25) is 5.75 Å². The first-order valence-corrected chi connectivity index (χ1v) is 14.3. The van der Waals surface area contributed by atoms with Crippen LogP contribution in [0.1, 0.15) is 38.8 Å². The quantitative estimate of drug-likeness (QED) is 0.386. The van der Waals surface area contributed by atoms with Gasteiger partial charge in [-0.2, -0.15) is 5.10 Å². The number of benzene rings is 1. The van der Waals surface area contributed by atoms with Crippen molar-refractivity contribution in [1.82, 2.24) is 20.2 Å². The van der Waals surface area contributed by atoms with Crippen molar-refractivity contribution in [1.29, 1.82) is 0 Å². The van der Waals surface area contributed by atoms with Gasteiger partial charge in [-0.15, -0.1) is 0 Å². The maximum absolute atomic E-state index is 12.2. The van der Waals surface area contributed by atoms with Crippen LogP contribution in [-0.4, -0.2) is 54.5 Å². The molecule has 2 N–H and O–H groups in total. The van der Waals surface area contributed by atoms with E-state index in [-0.39, 0.29) is 5.75 Å². The Balaban J connectivity index is 1.68. The normalized spacial score (nSPS) is 14.8. The predicted octanol–water partition coefficient (Wildman–Crippen LogP) is 4.83. The van der Waals surface area contributed by atoms with Gasteiger partial charge < -0.3 is 15.0 Å². The van der Waals surface area contributed by atoms with Gasteiger partial charge in [0.05, 0.1) is 17.8 Å². The molecule has 1 aliphatic rings. The summed E-state index contributed by atoms with van der Waals surface area (Å²) in [6.07, 6.45) is 3.41. The molecule has 35 heavy (non-hydrogen) atoms. The lowest BCUT2D eigenvalue weighted by molar-refractivity contribution is 0.381. The highest BCUT2D eigenvalue weighted by Gasteiger charge is 2.25. The Morgan fingerprint density at radius 3 is 2.46 bits per heavy atom. The fourth-order valence-electron chi connectivity index (χ4n) is 4.09. The van der Waals surface area contributed by atoms with Crippen molar-refractivity contribution in [2.75, 3.05) is 36.2 Å². The van der Waals surface area contributed by atoms with Crippen molar-refractivity contribution >= 4 is 39.1 Å². The fraction of sp³-hybridized carbons (Fsp3) is 0.458. The number of sulfone groups is 1. The Hall–Kier alpha value is -2.79. The van der Waals surface area contributed by atoms with Crippen molar-refractivity contribution in [3.05, 3.63) is 36.0 Å². The number of aromatic amines is 1. The van der Waals surface area contributed by atoms with Crippen LogP contribution < -0.4 is 15.0 Å². The molecule has 2 aromatic heterocycles. The van der Waals surface area contributed by atoms with Crippen LogP contribution >= 0.6 is 11.8 Å². The molecule has 1 aliphatic heterocycles. The molecule has 0 amide bonds. The molecule has 0 radical (unpaired) electrons. The molecule has 11 heteroatoms. The first-order chi connectivity index (χ1) is 16.8. The molecular formula is C24H32N6O3S2. The smallest absolute Gasteiger partial charge is 0.204 e. The Morgan fingerprint density at radius 2 is 1.89 bits per heavy atom. The average molecular weight is 517 g/mol. The third-order valence-electron chi connectivity index (χ3n) is 6.25. The highest BCUT2D eigenvalue weighted by molar-refractivity contribution is 7.99. The second-order valence-corrected chi connectivity index (χ2v) is 11.9. The van der Waals surface area contributed by atoms with Crippen LogP contribution in [0.3, 0.4) is 0 Å². The molecule has 9 nitrogen and oxygen atoms in total. The van der Waals surface area contributed by atoms with Crippen molar-refractivity contribution in [3.63, 3.8) is 0 Å². The van der Waals surface area contributed by atoms with Crippen molar-refractivity contribution < 1.29 is 13.2 Å². The lowest BCUT2D eigenvalue weighted by Gasteiger charge is -2.33. The summed E-state index contributed by atoms with van der Waals surface area (Å²) in [5, 5.41) is 11.0. The monoisotopic (exact) mass is 516 g/mol. The molecule has 0 unspecified atom stereocenters. The molecule has 0 spiro atoms. The number of rotatable bonds is 9. The molecule has 3 aromatic rings. The SMILES string of the molecule is CCC1CCN(c2nc(Sc3ccc(S(=O)(=O)CC)cc3)nc(Nc3cc(C)[nH]n3)c2OC)CC1. The number of nitrogens with one attached hydrogen (secondary N) is 2. The standard InChI is InChI=1S/C24H32N6O3S2/c1-5-17-11-13-30(14-12-17)23-21(33-4)22(25-20-15-16(3)28-29-20)26-24(27-23)34-18-7-9-19(10-8-18)35(31,32)6-2/h7-10,15,17H,5-6,11-14H2,1-4H3,(H2,25,26,27,28,29). The number of nitrogens with zero attached hydrogens (tertiary/aromatic N) is 4. The molecule has 1 fully saturated rings. The van der Waals surface area contributed by atoms with Crippen molar-refractivity contribution in [2.24, 2.45) is 5.92 Å². The Kier molecular flexibility index (Phi) is 7.85. The first-order valence-electron chi connectivity index (χ1n) is 11.8. The van der Waals surface area contributed by atoms with Gasteiger partial charge in [0.15, 0.2) is 32.4 Å². The predicted molar refractivity (Wildman–Crippen MR) is 139 cm³/mol. The van der Waals surface area contributed by atoms with E-state index in [0.29, 0.717) is 27.4 Å². The van der Waals surface area contributed by atoms with Gasteiger partial charge in [0, 0.05) is 29.7 Å². The molecular weight excluding hydrogens is 484 g/mol. The zero-order valence-corrected chi connectivity index (χ0v) is 22.2. The van der Waals surface area contributed by atoms with Gasteiger partial charge in [-0.3, -0.25) is 5.10 Å². The summed E-state index contributed by atoms with van der Waals surface area (Å²) in [6, 6.07) is 8.74. The molecule has 3 heterocycles. The van der Waals surface area contributed by atoms with E-state index in [1.807, 2.05) is 13.0 Å². The van der Waals surface area contributed by atoms with Crippen LogP contribution in [0.4, 0.5) is 17.5 Å². The summed E-state index contributed by atoms with van der Waals surface area (Å²) >= 11 is 1.38. The number of ether oxygens (including phenoxy) is 1. The van der Waals surface area contributed by atoms with Crippen LogP contribution in [0.15, 0.2) is 45.3 Å². The van der Waals surface area contributed by atoms with E-state index < -0.39 is 9.84 Å². The summed E-state index contributed by atoms with van der Waals surface area (Å²) in [5.41, 5.74) is 0.930. The maximum atomic E-state index is 12.2. The molecule has 1 aromatic carbocycles. The number of hydrogen-bond donors (Lipinski definition) is 2. The lowest BCUT2D eigenvalue weighted by Crippen LogP contribution is -2.34. The minimum Gasteiger partial charge on any atom is -0.490 e. The van der Waals surface area contributed by atoms with Crippen LogP contribution in [0.5, 0.6) is 5.75 Å². The number of hydrogen-bond acceptors (Lipinski definition) is 9. The van der Waals surface area contributed by atoms with Gasteiger partial charge in [0.25, 0.3) is 0 Å². The topological polar surface area (TPSA) is 113 Å². The van der Waals surface area contributed by atoms with Crippen LogP contribution in [-0.2, 0) is 9.84 Å². The molecule has 0 aliphatic carbocycles. The maximum Gasteiger partial charge on any atom is 0.204 e. The first kappa shape index (κ1) is 25.3. The number of aromatic nitrogens is 4. The molecule has 0 atom stereocenters. The number of methoxy groups -OCH3 is 1. The van der Waals surface area contributed by atoms with E-state index in [2.05, 4.69) is 27.3 Å². The van der Waals surface area contributed by atoms with Crippen LogP contribution in [0, 0.1) is 12.8 Å². The third-order valence-corrected chi connectivity index (χ3v) is 8.87. The number of H-pyrrole nitrogens is 1. The highest BCUT2D eigenvalue weighted by Crippen LogP contribution is 2.39. The number of anilines is 3. The lowest BCUT2D eigenvalue weighted by atomic mass is 9.94. The summed E-state index contributed by atoms with van der Waals surface area (Å²) in [4.78, 5) is 13.0. The summed E-state index contributed by atoms with van der Waals surface area (Å²) in [5.74, 6) is 3.31. The Labute approximate surface area is 211 Å². The Morgan fingerprint density at radius 1 is 1.17 bits per heavy atom. The molecule has 0 bridgehead atoms. The van der Waals surface area contributed by atoms with Crippen molar-refractivity contribution in [3.8, 4) is 5.75 Å².